The highest BCUT2D eigenvalue weighted by Crippen LogP contribution is 2.29. The zero-order chi connectivity index (χ0) is 10.3. The number of thioether (sulfide) groups is 1. The van der Waals surface area contributed by atoms with Crippen molar-refractivity contribution in [2.45, 2.75) is 58.1 Å². The molecule has 0 unspecified atom stereocenters. The molecule has 1 nitrogen and oxygen atoms in total. The molecule has 0 aromatic heterocycles. The second-order valence-electron chi connectivity index (χ2n) is 4.07. The van der Waals surface area contributed by atoms with Gasteiger partial charge in [-0.2, -0.15) is 11.8 Å². The van der Waals surface area contributed by atoms with Crippen molar-refractivity contribution in [3.8, 4) is 0 Å². The fourth-order valence-corrected chi connectivity index (χ4v) is 2.29. The zero-order valence-electron chi connectivity index (χ0n) is 9.35. The van der Waals surface area contributed by atoms with Crippen molar-refractivity contribution in [1.82, 2.24) is 0 Å². The predicted molar refractivity (Wildman–Crippen MR) is 61.4 cm³/mol. The van der Waals surface area contributed by atoms with Crippen molar-refractivity contribution in [2.24, 2.45) is 0 Å². The van der Waals surface area contributed by atoms with Crippen LogP contribution < -0.4 is 0 Å². The summed E-state index contributed by atoms with van der Waals surface area (Å²) >= 11 is 1.91. The Balaban J connectivity index is 3.79. The predicted octanol–water partition coefficient (Wildman–Crippen LogP) is 3.67. The average Bonchev–Trinajstić information content (AvgIpc) is 2.00. The molecule has 0 amide bonds. The first-order valence-corrected chi connectivity index (χ1v) is 6.16. The molecule has 0 N–H and O–H groups in total. The summed E-state index contributed by atoms with van der Waals surface area (Å²) in [5.74, 6) is 1.57. The molecule has 0 rings (SSSR count). The van der Waals surface area contributed by atoms with Crippen molar-refractivity contribution >= 4 is 17.5 Å². The minimum Gasteiger partial charge on any atom is -0.300 e. The Bertz CT molecular complexity index is 152. The van der Waals surface area contributed by atoms with Crippen LogP contribution in [0, 0.1) is 0 Å². The first-order valence-electron chi connectivity index (χ1n) is 5.17. The maximum atomic E-state index is 11.4. The highest BCUT2D eigenvalue weighted by molar-refractivity contribution is 8.00. The van der Waals surface area contributed by atoms with Gasteiger partial charge in [-0.25, -0.2) is 0 Å². The number of carbonyl (C=O) groups excluding carboxylic acids is 1. The molecule has 0 saturated heterocycles. The quantitative estimate of drug-likeness (QED) is 0.626. The van der Waals surface area contributed by atoms with E-state index in [0.717, 1.165) is 25.0 Å². The van der Waals surface area contributed by atoms with Gasteiger partial charge in [-0.05, 0) is 18.6 Å². The fourth-order valence-electron chi connectivity index (χ4n) is 1.27. The van der Waals surface area contributed by atoms with E-state index >= 15 is 0 Å². The molecule has 0 saturated carbocycles. The van der Waals surface area contributed by atoms with E-state index in [2.05, 4.69) is 27.7 Å². The fraction of sp³-hybridized carbons (Fsp3) is 0.909. The van der Waals surface area contributed by atoms with E-state index in [1.807, 2.05) is 11.8 Å². The maximum absolute atomic E-state index is 11.4. The first-order chi connectivity index (χ1) is 6.02. The number of rotatable bonds is 7. The summed E-state index contributed by atoms with van der Waals surface area (Å²) in [7, 11) is 0. The van der Waals surface area contributed by atoms with Crippen LogP contribution in [0.3, 0.4) is 0 Å². The van der Waals surface area contributed by atoms with Gasteiger partial charge in [0.15, 0.2) is 0 Å². The third-order valence-corrected chi connectivity index (χ3v) is 3.39. The lowest BCUT2D eigenvalue weighted by Gasteiger charge is -2.22. The van der Waals surface area contributed by atoms with Gasteiger partial charge in [0.2, 0.25) is 0 Å². The van der Waals surface area contributed by atoms with Crippen LogP contribution in [0.5, 0.6) is 0 Å². The maximum Gasteiger partial charge on any atom is 0.134 e. The summed E-state index contributed by atoms with van der Waals surface area (Å²) in [5.41, 5.74) is 0. The van der Waals surface area contributed by atoms with Gasteiger partial charge in [-0.3, -0.25) is 4.79 Å². The zero-order valence-corrected chi connectivity index (χ0v) is 10.2. The van der Waals surface area contributed by atoms with Crippen molar-refractivity contribution in [1.29, 1.82) is 0 Å². The Hall–Kier alpha value is 0.0200. The van der Waals surface area contributed by atoms with Gasteiger partial charge in [-0.1, -0.05) is 27.7 Å². The molecule has 0 aliphatic rings. The van der Waals surface area contributed by atoms with Gasteiger partial charge in [0.05, 0.1) is 0 Å². The minimum absolute atomic E-state index is 0.141. The molecular formula is C11H22OS. The summed E-state index contributed by atoms with van der Waals surface area (Å²) in [4.78, 5) is 11.4. The van der Waals surface area contributed by atoms with Crippen LogP contribution in [0.25, 0.3) is 0 Å². The van der Waals surface area contributed by atoms with Crippen LogP contribution in [0.4, 0.5) is 0 Å². The van der Waals surface area contributed by atoms with E-state index in [1.165, 1.54) is 6.42 Å². The van der Waals surface area contributed by atoms with E-state index in [9.17, 15) is 4.79 Å². The molecule has 0 fully saturated rings. The lowest BCUT2D eigenvalue weighted by molar-refractivity contribution is -0.119. The highest BCUT2D eigenvalue weighted by Gasteiger charge is 2.21. The molecule has 0 aliphatic heterocycles. The minimum atomic E-state index is 0.141. The Morgan fingerprint density at radius 2 is 1.85 bits per heavy atom. The van der Waals surface area contributed by atoms with Crippen LogP contribution in [0.15, 0.2) is 0 Å². The Morgan fingerprint density at radius 1 is 1.23 bits per heavy atom. The second-order valence-corrected chi connectivity index (χ2v) is 5.88. The van der Waals surface area contributed by atoms with Crippen LogP contribution >= 0.6 is 11.8 Å². The topological polar surface area (TPSA) is 17.1 Å². The Kier molecular flexibility index (Phi) is 6.48. The van der Waals surface area contributed by atoms with E-state index < -0.39 is 0 Å². The van der Waals surface area contributed by atoms with Gasteiger partial charge in [0.25, 0.3) is 0 Å². The molecule has 78 valence electrons. The molecule has 0 heterocycles. The van der Waals surface area contributed by atoms with Crippen molar-refractivity contribution < 1.29 is 4.79 Å². The largest absolute Gasteiger partial charge is 0.300 e. The summed E-state index contributed by atoms with van der Waals surface area (Å²) in [6.07, 6.45) is 3.64. The standard InChI is InChI=1S/C11H22OS/c1-5-7-10(12)9-11(3,4)13-8-6-2/h5-9H2,1-4H3. The van der Waals surface area contributed by atoms with Crippen molar-refractivity contribution in [3.63, 3.8) is 0 Å². The van der Waals surface area contributed by atoms with Crippen LogP contribution in [0.1, 0.15) is 53.4 Å². The molecule has 0 radical (unpaired) electrons. The number of carbonyl (C=O) groups is 1. The molecule has 0 bridgehead atoms. The van der Waals surface area contributed by atoms with E-state index in [4.69, 9.17) is 0 Å². The Morgan fingerprint density at radius 3 is 2.31 bits per heavy atom. The van der Waals surface area contributed by atoms with Gasteiger partial charge in [0.1, 0.15) is 5.78 Å². The lowest BCUT2D eigenvalue weighted by Crippen LogP contribution is -2.20. The van der Waals surface area contributed by atoms with Gasteiger partial charge in [-0.15, -0.1) is 0 Å². The van der Waals surface area contributed by atoms with Crippen molar-refractivity contribution in [3.05, 3.63) is 0 Å². The molecule has 0 aromatic rings. The highest BCUT2D eigenvalue weighted by atomic mass is 32.2. The molecule has 13 heavy (non-hydrogen) atoms. The first kappa shape index (κ1) is 13.0. The van der Waals surface area contributed by atoms with Gasteiger partial charge >= 0.3 is 0 Å². The number of Topliss-reactive ketones (excluding diaryl/α,β-unsaturated/α-hetero) is 1. The normalized spacial score (nSPS) is 11.7. The van der Waals surface area contributed by atoms with Crippen molar-refractivity contribution in [2.75, 3.05) is 5.75 Å². The van der Waals surface area contributed by atoms with Crippen LogP contribution in [0.2, 0.25) is 0 Å². The SMILES string of the molecule is CCCSC(C)(C)CC(=O)CCC. The number of hydrogen-bond donors (Lipinski definition) is 0. The molecule has 0 spiro atoms. The van der Waals surface area contributed by atoms with Gasteiger partial charge < -0.3 is 0 Å². The molecule has 0 atom stereocenters. The Labute approximate surface area is 86.7 Å². The average molecular weight is 202 g/mol. The number of ketones is 1. The molecule has 0 aromatic carbocycles. The molecule has 0 aliphatic carbocycles. The molecule has 2 heteroatoms. The van der Waals surface area contributed by atoms with Crippen LogP contribution in [-0.4, -0.2) is 16.3 Å². The number of hydrogen-bond acceptors (Lipinski definition) is 2. The summed E-state index contributed by atoms with van der Waals surface area (Å²) in [6, 6.07) is 0. The summed E-state index contributed by atoms with van der Waals surface area (Å²) < 4.78 is 0.141. The van der Waals surface area contributed by atoms with Crippen LogP contribution in [-0.2, 0) is 4.79 Å². The third-order valence-electron chi connectivity index (χ3n) is 1.85. The third kappa shape index (κ3) is 7.12. The molecular weight excluding hydrogens is 180 g/mol. The summed E-state index contributed by atoms with van der Waals surface area (Å²) in [5, 5.41) is 0. The summed E-state index contributed by atoms with van der Waals surface area (Å²) in [6.45, 7) is 8.57. The lowest BCUT2D eigenvalue weighted by atomic mass is 10.0. The van der Waals surface area contributed by atoms with Gasteiger partial charge in [0, 0.05) is 17.6 Å². The van der Waals surface area contributed by atoms with E-state index in [1.54, 1.807) is 0 Å². The smallest absolute Gasteiger partial charge is 0.134 e. The van der Waals surface area contributed by atoms with E-state index in [-0.39, 0.29) is 4.75 Å². The second kappa shape index (κ2) is 6.47. The monoisotopic (exact) mass is 202 g/mol. The van der Waals surface area contributed by atoms with E-state index in [0.29, 0.717) is 5.78 Å².